The molecule has 7 heteroatoms. The highest BCUT2D eigenvalue weighted by Crippen LogP contribution is 2.39. The van der Waals surface area contributed by atoms with E-state index >= 15 is 0 Å². The first-order chi connectivity index (χ1) is 12.2. The van der Waals surface area contributed by atoms with E-state index in [1.807, 2.05) is 12.2 Å². The van der Waals surface area contributed by atoms with Crippen molar-refractivity contribution in [1.29, 1.82) is 0 Å². The molecule has 0 spiro atoms. The summed E-state index contributed by atoms with van der Waals surface area (Å²) in [5.41, 5.74) is 0.316. The van der Waals surface area contributed by atoms with Crippen LogP contribution in [0.15, 0.2) is 29.8 Å². The summed E-state index contributed by atoms with van der Waals surface area (Å²) in [5, 5.41) is 21.3. The highest BCUT2D eigenvalue weighted by atomic mass is 16.5. The van der Waals surface area contributed by atoms with Crippen molar-refractivity contribution in [2.45, 2.75) is 19.3 Å². The molecule has 0 saturated heterocycles. The van der Waals surface area contributed by atoms with Gasteiger partial charge in [0.15, 0.2) is 5.78 Å². The lowest BCUT2D eigenvalue weighted by Gasteiger charge is -2.32. The Bertz CT molecular complexity index is 819. The molecule has 0 atom stereocenters. The SMILES string of the molecule is COCC=Cc1ccc2c(c1)C(C)(C)C(=O)C(C(=O)NCC(=O)O)=C2O. The number of amides is 1. The summed E-state index contributed by atoms with van der Waals surface area (Å²) in [6, 6.07) is 5.16. The molecule has 26 heavy (non-hydrogen) atoms. The maximum atomic E-state index is 12.8. The molecule has 0 saturated carbocycles. The van der Waals surface area contributed by atoms with Crippen LogP contribution in [0.2, 0.25) is 0 Å². The number of rotatable bonds is 6. The number of aliphatic carboxylic acids is 1. The van der Waals surface area contributed by atoms with E-state index in [0.717, 1.165) is 5.56 Å². The second-order valence-electron chi connectivity index (χ2n) is 6.42. The number of methoxy groups -OCH3 is 1. The number of hydrogen-bond acceptors (Lipinski definition) is 5. The maximum absolute atomic E-state index is 12.8. The topological polar surface area (TPSA) is 113 Å². The smallest absolute Gasteiger partial charge is 0.322 e. The number of aliphatic hydroxyl groups excluding tert-OH is 1. The van der Waals surface area contributed by atoms with E-state index < -0.39 is 41.0 Å². The first-order valence-electron chi connectivity index (χ1n) is 7.98. The van der Waals surface area contributed by atoms with E-state index in [0.29, 0.717) is 17.7 Å². The molecule has 138 valence electrons. The number of ketones is 1. The molecule has 0 fully saturated rings. The van der Waals surface area contributed by atoms with Gasteiger partial charge >= 0.3 is 5.97 Å². The molecule has 0 aliphatic heterocycles. The van der Waals surface area contributed by atoms with Crippen LogP contribution in [-0.4, -0.2) is 48.1 Å². The minimum absolute atomic E-state index is 0.374. The molecule has 3 N–H and O–H groups in total. The molecule has 0 bridgehead atoms. The number of nitrogens with one attached hydrogen (secondary N) is 1. The van der Waals surface area contributed by atoms with Crippen LogP contribution in [0.3, 0.4) is 0 Å². The Morgan fingerprint density at radius 2 is 2.00 bits per heavy atom. The van der Waals surface area contributed by atoms with Gasteiger partial charge in [-0.2, -0.15) is 0 Å². The van der Waals surface area contributed by atoms with Crippen molar-refractivity contribution in [3.63, 3.8) is 0 Å². The number of aliphatic hydroxyl groups is 1. The van der Waals surface area contributed by atoms with Crippen molar-refractivity contribution in [2.75, 3.05) is 20.3 Å². The van der Waals surface area contributed by atoms with Gasteiger partial charge in [-0.05, 0) is 25.0 Å². The van der Waals surface area contributed by atoms with Gasteiger partial charge in [0.25, 0.3) is 5.91 Å². The van der Waals surface area contributed by atoms with Crippen molar-refractivity contribution in [3.05, 3.63) is 46.5 Å². The third kappa shape index (κ3) is 3.67. The summed E-state index contributed by atoms with van der Waals surface area (Å²) in [6.07, 6.45) is 3.65. The summed E-state index contributed by atoms with van der Waals surface area (Å²) in [4.78, 5) is 35.7. The van der Waals surface area contributed by atoms with Crippen LogP contribution in [0.4, 0.5) is 0 Å². The molecule has 0 aromatic heterocycles. The number of carbonyl (C=O) groups is 3. The van der Waals surface area contributed by atoms with Crippen molar-refractivity contribution >= 4 is 29.5 Å². The lowest BCUT2D eigenvalue weighted by atomic mass is 9.70. The molecule has 1 aliphatic rings. The third-order valence-electron chi connectivity index (χ3n) is 4.20. The first-order valence-corrected chi connectivity index (χ1v) is 7.98. The number of carboxylic acid groups (broad SMARTS) is 1. The van der Waals surface area contributed by atoms with Gasteiger partial charge in [0.1, 0.15) is 17.9 Å². The van der Waals surface area contributed by atoms with E-state index in [1.54, 1.807) is 39.2 Å². The van der Waals surface area contributed by atoms with Crippen LogP contribution < -0.4 is 5.32 Å². The predicted octanol–water partition coefficient (Wildman–Crippen LogP) is 1.68. The number of ether oxygens (including phenoxy) is 1. The lowest BCUT2D eigenvalue weighted by molar-refractivity contribution is -0.138. The van der Waals surface area contributed by atoms with E-state index in [1.165, 1.54) is 0 Å². The largest absolute Gasteiger partial charge is 0.506 e. The average Bonchev–Trinajstić information content (AvgIpc) is 2.59. The van der Waals surface area contributed by atoms with Crippen molar-refractivity contribution in [1.82, 2.24) is 5.32 Å². The Morgan fingerprint density at radius 1 is 1.31 bits per heavy atom. The Hall–Kier alpha value is -2.93. The number of carboxylic acids is 1. The summed E-state index contributed by atoms with van der Waals surface area (Å²) >= 11 is 0. The first kappa shape index (κ1) is 19.4. The molecule has 2 rings (SSSR count). The highest BCUT2D eigenvalue weighted by Gasteiger charge is 2.43. The molecule has 1 aliphatic carbocycles. The van der Waals surface area contributed by atoms with Crippen LogP contribution in [0, 0.1) is 0 Å². The molecule has 0 radical (unpaired) electrons. The highest BCUT2D eigenvalue weighted by molar-refractivity contribution is 6.28. The molecule has 0 heterocycles. The van der Waals surface area contributed by atoms with Crippen LogP contribution in [0.25, 0.3) is 11.8 Å². The van der Waals surface area contributed by atoms with Gasteiger partial charge in [-0.15, -0.1) is 0 Å². The predicted molar refractivity (Wildman–Crippen MR) is 95.6 cm³/mol. The van der Waals surface area contributed by atoms with Crippen LogP contribution in [0.5, 0.6) is 0 Å². The fourth-order valence-electron chi connectivity index (χ4n) is 2.80. The molecule has 1 aromatic rings. The molecule has 7 nitrogen and oxygen atoms in total. The quantitative estimate of drug-likeness (QED) is 0.666. The second-order valence-corrected chi connectivity index (χ2v) is 6.42. The van der Waals surface area contributed by atoms with Gasteiger partial charge in [0.05, 0.1) is 12.0 Å². The van der Waals surface area contributed by atoms with Gasteiger partial charge in [-0.25, -0.2) is 0 Å². The van der Waals surface area contributed by atoms with Crippen molar-refractivity contribution in [2.24, 2.45) is 0 Å². The van der Waals surface area contributed by atoms with Gasteiger partial charge in [0, 0.05) is 12.7 Å². The summed E-state index contributed by atoms with van der Waals surface area (Å²) in [6.45, 7) is 3.12. The fraction of sp³-hybridized carbons (Fsp3) is 0.316. The van der Waals surface area contributed by atoms with Gasteiger partial charge in [-0.3, -0.25) is 14.4 Å². The average molecular weight is 359 g/mol. The Morgan fingerprint density at radius 3 is 2.62 bits per heavy atom. The van der Waals surface area contributed by atoms with Gasteiger partial charge in [0.2, 0.25) is 0 Å². The Balaban J connectivity index is 2.49. The normalized spacial score (nSPS) is 15.9. The van der Waals surface area contributed by atoms with Crippen molar-refractivity contribution in [3.8, 4) is 0 Å². The van der Waals surface area contributed by atoms with Crippen LogP contribution >= 0.6 is 0 Å². The second kappa shape index (κ2) is 7.53. The molecular weight excluding hydrogens is 338 g/mol. The summed E-state index contributed by atoms with van der Waals surface area (Å²) in [5.74, 6) is -3.16. The number of Topliss-reactive ketones (excluding diaryl/α,β-unsaturated/α-hetero) is 1. The fourth-order valence-corrected chi connectivity index (χ4v) is 2.80. The number of fused-ring (bicyclic) bond motifs is 1. The van der Waals surface area contributed by atoms with E-state index in [4.69, 9.17) is 9.84 Å². The lowest BCUT2D eigenvalue weighted by Crippen LogP contribution is -2.42. The minimum atomic E-state index is -1.24. The zero-order valence-electron chi connectivity index (χ0n) is 14.8. The molecule has 0 unspecified atom stereocenters. The third-order valence-corrected chi connectivity index (χ3v) is 4.20. The monoisotopic (exact) mass is 359 g/mol. The molecule has 1 amide bonds. The summed E-state index contributed by atoms with van der Waals surface area (Å²) in [7, 11) is 1.58. The Labute approximate surface area is 151 Å². The van der Waals surface area contributed by atoms with E-state index in [2.05, 4.69) is 5.32 Å². The summed E-state index contributed by atoms with van der Waals surface area (Å²) < 4.78 is 4.96. The maximum Gasteiger partial charge on any atom is 0.322 e. The minimum Gasteiger partial charge on any atom is -0.506 e. The number of carbonyl (C=O) groups excluding carboxylic acids is 2. The number of benzene rings is 1. The van der Waals surface area contributed by atoms with Crippen molar-refractivity contribution < 1.29 is 29.3 Å². The van der Waals surface area contributed by atoms with E-state index in [9.17, 15) is 19.5 Å². The molecular formula is C19H21NO6. The van der Waals surface area contributed by atoms with Crippen LogP contribution in [-0.2, 0) is 24.5 Å². The van der Waals surface area contributed by atoms with Crippen LogP contribution in [0.1, 0.15) is 30.5 Å². The van der Waals surface area contributed by atoms with Gasteiger partial charge < -0.3 is 20.3 Å². The zero-order valence-corrected chi connectivity index (χ0v) is 14.8. The standard InChI is InChI=1S/C19H21NO6/c1-19(2)13-9-11(5-4-8-26-3)6-7-12(13)16(23)15(17(19)24)18(25)20-10-14(21)22/h4-7,9,23H,8,10H2,1-3H3,(H,20,25)(H,21,22). The zero-order chi connectivity index (χ0) is 19.5. The van der Waals surface area contributed by atoms with E-state index in [-0.39, 0.29) is 0 Å². The Kier molecular flexibility index (Phi) is 5.62. The molecule has 1 aromatic carbocycles. The van der Waals surface area contributed by atoms with Gasteiger partial charge in [-0.1, -0.05) is 30.4 Å². The number of hydrogen-bond donors (Lipinski definition) is 3.